The van der Waals surface area contributed by atoms with Gasteiger partial charge in [-0.15, -0.1) is 0 Å². The maximum atomic E-state index is 9.77. The highest BCUT2D eigenvalue weighted by molar-refractivity contribution is 5.78. The van der Waals surface area contributed by atoms with E-state index in [1.54, 1.807) is 35.2 Å². The van der Waals surface area contributed by atoms with Gasteiger partial charge in [-0.05, 0) is 30.3 Å². The van der Waals surface area contributed by atoms with Crippen molar-refractivity contribution in [2.75, 3.05) is 36.9 Å². The van der Waals surface area contributed by atoms with Gasteiger partial charge in [-0.2, -0.15) is 0 Å². The molecule has 0 aliphatic rings. The van der Waals surface area contributed by atoms with E-state index in [-0.39, 0.29) is 13.1 Å². The Bertz CT molecular complexity index is 591. The Balaban J connectivity index is 2.40. The van der Waals surface area contributed by atoms with Crippen molar-refractivity contribution in [3.8, 4) is 11.3 Å². The third-order valence-electron chi connectivity index (χ3n) is 3.43. The minimum atomic E-state index is -0.983. The van der Waals surface area contributed by atoms with Crippen LogP contribution in [0.3, 0.4) is 0 Å². The van der Waals surface area contributed by atoms with Crippen molar-refractivity contribution in [3.05, 3.63) is 36.6 Å². The Kier molecular flexibility index (Phi) is 6.00. The van der Waals surface area contributed by atoms with Crippen molar-refractivity contribution in [2.24, 2.45) is 0 Å². The van der Waals surface area contributed by atoms with Crippen LogP contribution in [0.1, 0.15) is 0 Å². The monoisotopic (exact) mass is 322 g/mol. The first kappa shape index (κ1) is 17.3. The van der Waals surface area contributed by atoms with Crippen LogP contribution >= 0.6 is 0 Å². The van der Waals surface area contributed by atoms with Crippen LogP contribution in [0.5, 0.6) is 0 Å². The molecule has 126 valence electrons. The van der Waals surface area contributed by atoms with E-state index in [4.69, 9.17) is 20.4 Å². The summed E-state index contributed by atoms with van der Waals surface area (Å²) < 4.78 is 5.42. The third-order valence-corrected chi connectivity index (χ3v) is 3.43. The zero-order chi connectivity index (χ0) is 16.8. The van der Waals surface area contributed by atoms with E-state index in [0.717, 1.165) is 0 Å². The second-order valence-corrected chi connectivity index (χ2v) is 5.33. The first-order valence-electron chi connectivity index (χ1n) is 7.31. The summed E-state index contributed by atoms with van der Waals surface area (Å²) in [5.41, 5.74) is 7.77. The van der Waals surface area contributed by atoms with Crippen molar-refractivity contribution in [3.63, 3.8) is 0 Å². The predicted molar refractivity (Wildman–Crippen MR) is 87.0 cm³/mol. The van der Waals surface area contributed by atoms with Crippen molar-refractivity contribution < 1.29 is 24.8 Å². The van der Waals surface area contributed by atoms with Gasteiger partial charge in [0, 0.05) is 30.0 Å². The van der Waals surface area contributed by atoms with Crippen LogP contribution in [-0.2, 0) is 0 Å². The number of hydrogen-bond donors (Lipinski definition) is 5. The molecule has 2 aromatic rings. The summed E-state index contributed by atoms with van der Waals surface area (Å²) in [6, 6.07) is 8.71. The number of nitrogens with zero attached hydrogens (tertiary/aromatic N) is 1. The standard InChI is InChI=1S/C16H22N2O5/c17-11-3-4-15(14(6-11)16-2-1-5-23-16)18(7-12(21)9-19)8-13(22)10-20/h1-6,12-13,19-22H,7-10,17H2. The number of benzene rings is 1. The summed E-state index contributed by atoms with van der Waals surface area (Å²) in [5, 5.41) is 37.7. The minimum Gasteiger partial charge on any atom is -0.464 e. The van der Waals surface area contributed by atoms with E-state index in [2.05, 4.69) is 0 Å². The average Bonchev–Trinajstić information content (AvgIpc) is 3.08. The second-order valence-electron chi connectivity index (χ2n) is 5.33. The topological polar surface area (TPSA) is 123 Å². The lowest BCUT2D eigenvalue weighted by atomic mass is 10.1. The van der Waals surface area contributed by atoms with Gasteiger partial charge in [0.1, 0.15) is 5.76 Å². The molecule has 1 aromatic carbocycles. The van der Waals surface area contributed by atoms with E-state index in [1.165, 1.54) is 6.26 Å². The fourth-order valence-corrected chi connectivity index (χ4v) is 2.35. The normalized spacial score (nSPS) is 13.7. The molecule has 0 saturated heterocycles. The van der Waals surface area contributed by atoms with E-state index < -0.39 is 25.4 Å². The third kappa shape index (κ3) is 4.46. The summed E-state index contributed by atoms with van der Waals surface area (Å²) in [7, 11) is 0. The minimum absolute atomic E-state index is 0.0885. The number of nitrogens with two attached hydrogens (primary N) is 1. The fraction of sp³-hybridized carbons (Fsp3) is 0.375. The maximum Gasteiger partial charge on any atom is 0.136 e. The molecule has 2 atom stereocenters. The van der Waals surface area contributed by atoms with Crippen LogP contribution < -0.4 is 10.6 Å². The summed E-state index contributed by atoms with van der Waals surface area (Å²) in [4.78, 5) is 1.68. The molecule has 0 aliphatic heterocycles. The van der Waals surface area contributed by atoms with Gasteiger partial charge in [0.2, 0.25) is 0 Å². The zero-order valence-corrected chi connectivity index (χ0v) is 12.7. The van der Waals surface area contributed by atoms with Crippen LogP contribution in [0.25, 0.3) is 11.3 Å². The number of furan rings is 1. The fourth-order valence-electron chi connectivity index (χ4n) is 2.35. The molecule has 1 aromatic heterocycles. The molecular weight excluding hydrogens is 300 g/mol. The highest BCUT2D eigenvalue weighted by Gasteiger charge is 2.20. The highest BCUT2D eigenvalue weighted by Crippen LogP contribution is 2.33. The molecule has 0 saturated carbocycles. The van der Waals surface area contributed by atoms with Crippen LogP contribution in [0.4, 0.5) is 11.4 Å². The first-order chi connectivity index (χ1) is 11.0. The lowest BCUT2D eigenvalue weighted by Gasteiger charge is -2.30. The number of aliphatic hydroxyl groups excluding tert-OH is 4. The van der Waals surface area contributed by atoms with E-state index in [1.807, 2.05) is 0 Å². The summed E-state index contributed by atoms with van der Waals surface area (Å²) in [6.45, 7) is -0.635. The van der Waals surface area contributed by atoms with Crippen LogP contribution in [0.15, 0.2) is 41.0 Å². The number of rotatable bonds is 8. The summed E-state index contributed by atoms with van der Waals surface area (Å²) in [6.07, 6.45) is -0.427. The molecule has 2 unspecified atom stereocenters. The van der Waals surface area contributed by atoms with Gasteiger partial charge in [-0.1, -0.05) is 0 Å². The van der Waals surface area contributed by atoms with E-state index >= 15 is 0 Å². The van der Waals surface area contributed by atoms with Gasteiger partial charge in [-0.3, -0.25) is 0 Å². The Labute approximate surface area is 134 Å². The first-order valence-corrected chi connectivity index (χ1v) is 7.31. The average molecular weight is 322 g/mol. The molecule has 0 spiro atoms. The quantitative estimate of drug-likeness (QED) is 0.435. The molecular formula is C16H22N2O5. The van der Waals surface area contributed by atoms with Gasteiger partial charge in [-0.25, -0.2) is 0 Å². The van der Waals surface area contributed by atoms with Gasteiger partial charge in [0.25, 0.3) is 0 Å². The Morgan fingerprint density at radius 2 is 1.70 bits per heavy atom. The van der Waals surface area contributed by atoms with E-state index in [0.29, 0.717) is 22.7 Å². The molecule has 7 nitrogen and oxygen atoms in total. The van der Waals surface area contributed by atoms with Gasteiger partial charge < -0.3 is 35.5 Å². The molecule has 1 heterocycles. The van der Waals surface area contributed by atoms with Crippen LogP contribution in [-0.4, -0.2) is 58.9 Å². The van der Waals surface area contributed by atoms with Crippen LogP contribution in [0, 0.1) is 0 Å². The van der Waals surface area contributed by atoms with Crippen molar-refractivity contribution in [2.45, 2.75) is 12.2 Å². The van der Waals surface area contributed by atoms with Crippen LogP contribution in [0.2, 0.25) is 0 Å². The summed E-state index contributed by atoms with van der Waals surface area (Å²) in [5.74, 6) is 0.592. The molecule has 0 bridgehead atoms. The molecule has 0 radical (unpaired) electrons. The molecule has 23 heavy (non-hydrogen) atoms. The molecule has 2 rings (SSSR count). The highest BCUT2D eigenvalue weighted by atomic mass is 16.3. The van der Waals surface area contributed by atoms with Gasteiger partial charge in [0.15, 0.2) is 0 Å². The number of nitrogen functional groups attached to an aromatic ring is 1. The predicted octanol–water partition coefficient (Wildman–Crippen LogP) is 0.0416. The number of anilines is 2. The molecule has 0 amide bonds. The number of aliphatic hydroxyl groups is 4. The largest absolute Gasteiger partial charge is 0.464 e. The lowest BCUT2D eigenvalue weighted by Crippen LogP contribution is -2.40. The van der Waals surface area contributed by atoms with E-state index in [9.17, 15) is 10.2 Å². The van der Waals surface area contributed by atoms with Crippen molar-refractivity contribution in [1.29, 1.82) is 0 Å². The maximum absolute atomic E-state index is 9.77. The Morgan fingerprint density at radius 1 is 1.04 bits per heavy atom. The van der Waals surface area contributed by atoms with Gasteiger partial charge in [0.05, 0.1) is 31.7 Å². The molecule has 0 fully saturated rings. The smallest absolute Gasteiger partial charge is 0.136 e. The SMILES string of the molecule is Nc1ccc(N(CC(O)CO)CC(O)CO)c(-c2ccco2)c1. The zero-order valence-electron chi connectivity index (χ0n) is 12.7. The second kappa shape index (κ2) is 7.98. The van der Waals surface area contributed by atoms with Crippen molar-refractivity contribution in [1.82, 2.24) is 0 Å². The lowest BCUT2D eigenvalue weighted by molar-refractivity contribution is 0.0839. The molecule has 0 aliphatic carbocycles. The Morgan fingerprint density at radius 3 is 2.22 bits per heavy atom. The molecule has 7 heteroatoms. The van der Waals surface area contributed by atoms with Crippen molar-refractivity contribution >= 4 is 11.4 Å². The number of hydrogen-bond acceptors (Lipinski definition) is 7. The van der Waals surface area contributed by atoms with Gasteiger partial charge >= 0.3 is 0 Å². The molecule has 6 N–H and O–H groups in total. The Hall–Kier alpha value is -2.06. The summed E-state index contributed by atoms with van der Waals surface area (Å²) >= 11 is 0.